The third-order valence-electron chi connectivity index (χ3n) is 3.84. The van der Waals surface area contributed by atoms with E-state index in [0.717, 1.165) is 11.1 Å². The Kier molecular flexibility index (Phi) is 5.31. The second-order valence-electron chi connectivity index (χ2n) is 5.65. The predicted molar refractivity (Wildman–Crippen MR) is 101 cm³/mol. The third-order valence-corrected chi connectivity index (χ3v) is 4.40. The molecule has 0 fully saturated rings. The zero-order valence-corrected chi connectivity index (χ0v) is 15.1. The van der Waals surface area contributed by atoms with Gasteiger partial charge in [-0.25, -0.2) is 0 Å². The van der Waals surface area contributed by atoms with Gasteiger partial charge in [0, 0.05) is 10.6 Å². The first-order valence-electron chi connectivity index (χ1n) is 7.80. The van der Waals surface area contributed by atoms with Crippen LogP contribution in [0.15, 0.2) is 54.6 Å². The summed E-state index contributed by atoms with van der Waals surface area (Å²) in [4.78, 5) is 12.4. The Balaban J connectivity index is 1.77. The van der Waals surface area contributed by atoms with E-state index in [4.69, 9.17) is 23.8 Å². The molecule has 25 heavy (non-hydrogen) atoms. The van der Waals surface area contributed by atoms with Crippen LogP contribution in [0.1, 0.15) is 18.5 Å². The van der Waals surface area contributed by atoms with Crippen LogP contribution in [0.2, 0.25) is 5.02 Å². The SMILES string of the molecule is CC(NC(=O)Cn1c(-c2ccc(Cl)cc2)n[nH]c1=S)c1ccccc1. The zero-order chi connectivity index (χ0) is 17.8. The molecule has 1 aromatic heterocycles. The van der Waals surface area contributed by atoms with Gasteiger partial charge in [0.15, 0.2) is 10.6 Å². The summed E-state index contributed by atoms with van der Waals surface area (Å²) in [5.41, 5.74) is 1.88. The van der Waals surface area contributed by atoms with Gasteiger partial charge in [0.1, 0.15) is 6.54 Å². The Morgan fingerprint density at radius 2 is 1.92 bits per heavy atom. The molecule has 128 valence electrons. The van der Waals surface area contributed by atoms with Crippen LogP contribution in [0.3, 0.4) is 0 Å². The predicted octanol–water partition coefficient (Wildman–Crippen LogP) is 4.14. The quantitative estimate of drug-likeness (QED) is 0.661. The number of hydrogen-bond donors (Lipinski definition) is 2. The molecule has 2 aromatic carbocycles. The lowest BCUT2D eigenvalue weighted by atomic mass is 10.1. The molecule has 7 heteroatoms. The van der Waals surface area contributed by atoms with Crippen molar-refractivity contribution in [1.82, 2.24) is 20.1 Å². The second kappa shape index (κ2) is 7.63. The number of carbonyl (C=O) groups excluding carboxylic acids is 1. The van der Waals surface area contributed by atoms with Crippen molar-refractivity contribution < 1.29 is 4.79 Å². The van der Waals surface area contributed by atoms with E-state index in [1.54, 1.807) is 16.7 Å². The van der Waals surface area contributed by atoms with Crippen molar-refractivity contribution in [2.45, 2.75) is 19.5 Å². The molecule has 1 heterocycles. The van der Waals surface area contributed by atoms with E-state index in [1.165, 1.54) is 0 Å². The van der Waals surface area contributed by atoms with Crippen LogP contribution in [0.4, 0.5) is 0 Å². The maximum Gasteiger partial charge on any atom is 0.240 e. The summed E-state index contributed by atoms with van der Waals surface area (Å²) in [6.07, 6.45) is 0. The smallest absolute Gasteiger partial charge is 0.240 e. The highest BCUT2D eigenvalue weighted by Crippen LogP contribution is 2.20. The van der Waals surface area contributed by atoms with E-state index < -0.39 is 0 Å². The summed E-state index contributed by atoms with van der Waals surface area (Å²) < 4.78 is 2.07. The van der Waals surface area contributed by atoms with Gasteiger partial charge in [-0.3, -0.25) is 14.5 Å². The Morgan fingerprint density at radius 1 is 1.24 bits per heavy atom. The summed E-state index contributed by atoms with van der Waals surface area (Å²) >= 11 is 11.2. The molecule has 0 saturated carbocycles. The topological polar surface area (TPSA) is 62.7 Å². The summed E-state index contributed by atoms with van der Waals surface area (Å²) in [5.74, 6) is 0.466. The second-order valence-corrected chi connectivity index (χ2v) is 6.47. The van der Waals surface area contributed by atoms with Gasteiger partial charge in [0.2, 0.25) is 5.91 Å². The number of amides is 1. The molecule has 0 spiro atoms. The van der Waals surface area contributed by atoms with E-state index in [1.807, 2.05) is 49.4 Å². The van der Waals surface area contributed by atoms with Gasteiger partial charge in [-0.15, -0.1) is 0 Å². The summed E-state index contributed by atoms with van der Waals surface area (Å²) in [5, 5.41) is 10.6. The lowest BCUT2D eigenvalue weighted by Gasteiger charge is -2.15. The summed E-state index contributed by atoms with van der Waals surface area (Å²) in [6, 6.07) is 16.9. The Hall–Kier alpha value is -2.44. The van der Waals surface area contributed by atoms with Crippen LogP contribution in [0, 0.1) is 4.77 Å². The first-order chi connectivity index (χ1) is 12.0. The number of halogens is 1. The van der Waals surface area contributed by atoms with Crippen molar-refractivity contribution in [3.05, 3.63) is 70.0 Å². The molecule has 5 nitrogen and oxygen atoms in total. The maximum atomic E-state index is 12.4. The van der Waals surface area contributed by atoms with E-state index in [0.29, 0.717) is 15.6 Å². The van der Waals surface area contributed by atoms with Crippen molar-refractivity contribution in [2.75, 3.05) is 0 Å². The van der Waals surface area contributed by atoms with E-state index in [-0.39, 0.29) is 18.5 Å². The van der Waals surface area contributed by atoms with Crippen molar-refractivity contribution in [2.24, 2.45) is 0 Å². The fourth-order valence-corrected chi connectivity index (χ4v) is 2.86. The van der Waals surface area contributed by atoms with Crippen molar-refractivity contribution in [1.29, 1.82) is 0 Å². The molecule has 0 aliphatic heterocycles. The number of rotatable bonds is 5. The highest BCUT2D eigenvalue weighted by Gasteiger charge is 2.14. The number of aromatic amines is 1. The average molecular weight is 373 g/mol. The number of nitrogens with zero attached hydrogens (tertiary/aromatic N) is 2. The lowest BCUT2D eigenvalue weighted by Crippen LogP contribution is -2.30. The minimum Gasteiger partial charge on any atom is -0.348 e. The van der Waals surface area contributed by atoms with Gasteiger partial charge in [-0.1, -0.05) is 41.9 Å². The van der Waals surface area contributed by atoms with Crippen LogP contribution in [0.25, 0.3) is 11.4 Å². The van der Waals surface area contributed by atoms with Crippen molar-refractivity contribution in [3.8, 4) is 11.4 Å². The fraction of sp³-hybridized carbons (Fsp3) is 0.167. The first kappa shape index (κ1) is 17.4. The normalized spacial score (nSPS) is 11.9. The molecule has 0 saturated heterocycles. The van der Waals surface area contributed by atoms with Gasteiger partial charge in [0.05, 0.1) is 6.04 Å². The van der Waals surface area contributed by atoms with Gasteiger partial charge in [0.25, 0.3) is 0 Å². The van der Waals surface area contributed by atoms with Crippen molar-refractivity contribution >= 4 is 29.7 Å². The van der Waals surface area contributed by atoms with Crippen molar-refractivity contribution in [3.63, 3.8) is 0 Å². The standard InChI is InChI=1S/C18H17ClN4OS/c1-12(13-5-3-2-4-6-13)20-16(24)11-23-17(21-22-18(23)25)14-7-9-15(19)10-8-14/h2-10,12H,11H2,1H3,(H,20,24)(H,22,25). The maximum absolute atomic E-state index is 12.4. The van der Waals surface area contributed by atoms with Gasteiger partial charge < -0.3 is 5.32 Å². The highest BCUT2D eigenvalue weighted by atomic mass is 35.5. The van der Waals surface area contributed by atoms with Crippen LogP contribution in [0.5, 0.6) is 0 Å². The molecule has 3 aromatic rings. The molecular weight excluding hydrogens is 356 g/mol. The monoisotopic (exact) mass is 372 g/mol. The molecule has 1 amide bonds. The molecule has 0 radical (unpaired) electrons. The van der Waals surface area contributed by atoms with Gasteiger partial charge in [-0.05, 0) is 49.0 Å². The molecule has 1 atom stereocenters. The Morgan fingerprint density at radius 3 is 2.60 bits per heavy atom. The van der Waals surface area contributed by atoms with Crippen LogP contribution in [-0.4, -0.2) is 20.7 Å². The number of H-pyrrole nitrogens is 1. The highest BCUT2D eigenvalue weighted by molar-refractivity contribution is 7.71. The molecule has 0 aliphatic rings. The van der Waals surface area contributed by atoms with Gasteiger partial charge >= 0.3 is 0 Å². The minimum atomic E-state index is -0.135. The minimum absolute atomic E-state index is 0.0878. The van der Waals surface area contributed by atoms with Crippen LogP contribution < -0.4 is 5.32 Å². The zero-order valence-electron chi connectivity index (χ0n) is 13.6. The fourth-order valence-electron chi connectivity index (χ4n) is 2.54. The lowest BCUT2D eigenvalue weighted by molar-refractivity contribution is -0.122. The van der Waals surface area contributed by atoms with Crippen LogP contribution >= 0.6 is 23.8 Å². The van der Waals surface area contributed by atoms with E-state index in [9.17, 15) is 4.79 Å². The molecule has 0 bridgehead atoms. The Labute approximate surface area is 155 Å². The largest absolute Gasteiger partial charge is 0.348 e. The van der Waals surface area contributed by atoms with Crippen LogP contribution in [-0.2, 0) is 11.3 Å². The molecule has 3 rings (SSSR count). The van der Waals surface area contributed by atoms with Gasteiger partial charge in [-0.2, -0.15) is 5.10 Å². The number of hydrogen-bond acceptors (Lipinski definition) is 3. The molecule has 1 unspecified atom stereocenters. The molecule has 2 N–H and O–H groups in total. The summed E-state index contributed by atoms with van der Waals surface area (Å²) in [7, 11) is 0. The molecular formula is C18H17ClN4OS. The summed E-state index contributed by atoms with van der Waals surface area (Å²) in [6.45, 7) is 2.03. The number of nitrogens with one attached hydrogen (secondary N) is 2. The van der Waals surface area contributed by atoms with E-state index in [2.05, 4.69) is 15.5 Å². The average Bonchev–Trinajstić information content (AvgIpc) is 2.97. The molecule has 0 aliphatic carbocycles. The first-order valence-corrected chi connectivity index (χ1v) is 8.58. The third kappa shape index (κ3) is 4.15. The number of aromatic nitrogens is 3. The number of benzene rings is 2. The van der Waals surface area contributed by atoms with E-state index >= 15 is 0 Å². The number of carbonyl (C=O) groups is 1. The Bertz CT molecular complexity index is 918.